The van der Waals surface area contributed by atoms with Crippen molar-refractivity contribution >= 4 is 22.9 Å². The zero-order chi connectivity index (χ0) is 32.2. The van der Waals surface area contributed by atoms with E-state index < -0.39 is 62.2 Å². The number of rotatable bonds is 11. The maximum atomic E-state index is 13.6. The van der Waals surface area contributed by atoms with Crippen LogP contribution in [0.2, 0.25) is 0 Å². The molecule has 0 saturated carbocycles. The fraction of sp³-hybridized carbons (Fsp3) is 0.300. The molecule has 4 aromatic rings. The Bertz CT molecular complexity index is 1660. The third-order valence-electron chi connectivity index (χ3n) is 6.87. The van der Waals surface area contributed by atoms with Gasteiger partial charge in [0.15, 0.2) is 0 Å². The molecular formula is C30H26F7N3O4. The Morgan fingerprint density at radius 2 is 1.57 bits per heavy atom. The van der Waals surface area contributed by atoms with Crippen LogP contribution in [0.3, 0.4) is 0 Å². The molecule has 44 heavy (non-hydrogen) atoms. The number of alkyl halides is 6. The lowest BCUT2D eigenvalue weighted by Crippen LogP contribution is -2.54. The molecule has 0 aliphatic rings. The molecule has 0 aliphatic heterocycles. The molecule has 0 aliphatic carbocycles. The number of pyridine rings is 1. The molecule has 0 saturated heterocycles. The molecule has 2 amide bonds. The number of aryl methyl sites for hydroxylation is 1. The number of methoxy groups -OCH3 is 1. The molecule has 0 bridgehead atoms. The fourth-order valence-electron chi connectivity index (χ4n) is 4.48. The molecule has 0 fully saturated rings. The molecule has 234 valence electrons. The van der Waals surface area contributed by atoms with Crippen molar-refractivity contribution in [3.8, 4) is 28.2 Å². The van der Waals surface area contributed by atoms with Crippen LogP contribution in [0.1, 0.15) is 32.8 Å². The normalized spacial score (nSPS) is 11.9. The van der Waals surface area contributed by atoms with E-state index in [1.54, 1.807) is 0 Å². The Balaban J connectivity index is 1.95. The van der Waals surface area contributed by atoms with Gasteiger partial charge in [0.25, 0.3) is 11.8 Å². The van der Waals surface area contributed by atoms with Crippen LogP contribution in [0.4, 0.5) is 30.7 Å². The maximum absolute atomic E-state index is 13.6. The van der Waals surface area contributed by atoms with E-state index in [1.807, 2.05) is 5.32 Å². The standard InChI is InChI=1S/C30H26F7N3O4/c1-38-27(42)24-21-12-19(17-5-8-23(43-2)20(11-17)26(41)40-29(13-31,14-32)15-33)22(9-10-30(35,36)37)39-28(21)44-25(24)16-3-6-18(34)7-4-16/h3-8,11-12H,9-10,13-15H2,1-2H3,(H,38,42)(H,40,41). The van der Waals surface area contributed by atoms with Crippen molar-refractivity contribution in [1.82, 2.24) is 15.6 Å². The van der Waals surface area contributed by atoms with E-state index in [-0.39, 0.29) is 50.6 Å². The van der Waals surface area contributed by atoms with E-state index in [0.717, 1.165) is 12.1 Å². The molecule has 0 atom stereocenters. The first-order chi connectivity index (χ1) is 20.9. The van der Waals surface area contributed by atoms with Crippen molar-refractivity contribution in [3.05, 3.63) is 71.2 Å². The highest BCUT2D eigenvalue weighted by Crippen LogP contribution is 2.38. The molecule has 0 radical (unpaired) electrons. The van der Waals surface area contributed by atoms with Gasteiger partial charge in [0.2, 0.25) is 5.71 Å². The zero-order valence-electron chi connectivity index (χ0n) is 23.4. The highest BCUT2D eigenvalue weighted by atomic mass is 19.4. The van der Waals surface area contributed by atoms with E-state index in [0.29, 0.717) is 5.56 Å². The maximum Gasteiger partial charge on any atom is 0.389 e. The number of amides is 2. The van der Waals surface area contributed by atoms with Crippen molar-refractivity contribution in [1.29, 1.82) is 0 Å². The summed E-state index contributed by atoms with van der Waals surface area (Å²) in [6, 6.07) is 10.2. The summed E-state index contributed by atoms with van der Waals surface area (Å²) in [5, 5.41) is 4.56. The van der Waals surface area contributed by atoms with E-state index >= 15 is 0 Å². The first kappa shape index (κ1) is 32.3. The lowest BCUT2D eigenvalue weighted by Gasteiger charge is -2.26. The van der Waals surface area contributed by atoms with Crippen molar-refractivity contribution in [2.75, 3.05) is 34.2 Å². The lowest BCUT2D eigenvalue weighted by atomic mass is 9.96. The van der Waals surface area contributed by atoms with Crippen LogP contribution in [-0.4, -0.2) is 62.7 Å². The average molecular weight is 626 g/mol. The van der Waals surface area contributed by atoms with Crippen molar-refractivity contribution in [2.45, 2.75) is 24.6 Å². The van der Waals surface area contributed by atoms with Gasteiger partial charge in [-0.1, -0.05) is 6.07 Å². The number of hydrogen-bond donors (Lipinski definition) is 2. The molecule has 14 heteroatoms. The van der Waals surface area contributed by atoms with Crippen LogP contribution in [0.25, 0.3) is 33.6 Å². The molecule has 2 heterocycles. The number of carbonyl (C=O) groups is 2. The largest absolute Gasteiger partial charge is 0.496 e. The van der Waals surface area contributed by atoms with Gasteiger partial charge >= 0.3 is 6.18 Å². The summed E-state index contributed by atoms with van der Waals surface area (Å²) in [6.45, 7) is -4.64. The Kier molecular flexibility index (Phi) is 9.50. The molecule has 0 unspecified atom stereocenters. The molecular weight excluding hydrogens is 599 g/mol. The predicted molar refractivity (Wildman–Crippen MR) is 147 cm³/mol. The number of benzene rings is 2. The number of carbonyl (C=O) groups excluding carboxylic acids is 2. The van der Waals surface area contributed by atoms with Gasteiger partial charge in [-0.05, 0) is 54.4 Å². The topological polar surface area (TPSA) is 93.5 Å². The Hall–Kier alpha value is -4.62. The molecule has 0 spiro atoms. The monoisotopic (exact) mass is 625 g/mol. The van der Waals surface area contributed by atoms with Crippen molar-refractivity contribution in [3.63, 3.8) is 0 Å². The van der Waals surface area contributed by atoms with Crippen molar-refractivity contribution in [2.24, 2.45) is 0 Å². The number of halogens is 7. The third-order valence-corrected chi connectivity index (χ3v) is 6.87. The minimum absolute atomic E-state index is 0.0134. The molecule has 2 aromatic heterocycles. The van der Waals surface area contributed by atoms with Gasteiger partial charge in [-0.3, -0.25) is 9.59 Å². The number of ether oxygens (including phenoxy) is 1. The number of nitrogens with zero attached hydrogens (tertiary/aromatic N) is 1. The number of furan rings is 1. The summed E-state index contributed by atoms with van der Waals surface area (Å²) < 4.78 is 105. The van der Waals surface area contributed by atoms with Gasteiger partial charge in [0.05, 0.1) is 29.3 Å². The van der Waals surface area contributed by atoms with Gasteiger partial charge in [0.1, 0.15) is 42.9 Å². The SMILES string of the molecule is CNC(=O)c1c(-c2ccc(F)cc2)oc2nc(CCC(F)(F)F)c(-c3ccc(OC)c(C(=O)NC(CF)(CF)CF)c3)cc12. The number of aromatic nitrogens is 1. The highest BCUT2D eigenvalue weighted by molar-refractivity contribution is 6.11. The summed E-state index contributed by atoms with van der Waals surface area (Å²) in [4.78, 5) is 30.4. The third kappa shape index (κ3) is 6.63. The second kappa shape index (κ2) is 12.9. The Labute approximate surface area is 246 Å². The fourth-order valence-corrected chi connectivity index (χ4v) is 4.48. The molecule has 4 rings (SSSR count). The second-order valence-corrected chi connectivity index (χ2v) is 9.89. The van der Waals surface area contributed by atoms with Gasteiger partial charge in [-0.25, -0.2) is 22.5 Å². The van der Waals surface area contributed by atoms with E-state index in [2.05, 4.69) is 10.3 Å². The Morgan fingerprint density at radius 1 is 0.932 bits per heavy atom. The first-order valence-electron chi connectivity index (χ1n) is 13.1. The van der Waals surface area contributed by atoms with Gasteiger partial charge < -0.3 is 19.8 Å². The zero-order valence-corrected chi connectivity index (χ0v) is 23.4. The van der Waals surface area contributed by atoms with E-state index in [4.69, 9.17) is 9.15 Å². The summed E-state index contributed by atoms with van der Waals surface area (Å²) in [6.07, 6.45) is -6.47. The van der Waals surface area contributed by atoms with Gasteiger partial charge in [0, 0.05) is 24.6 Å². The first-order valence-corrected chi connectivity index (χ1v) is 13.1. The smallest absolute Gasteiger partial charge is 0.389 e. The minimum atomic E-state index is -4.57. The number of nitrogens with one attached hydrogen (secondary N) is 2. The molecule has 2 N–H and O–H groups in total. The van der Waals surface area contributed by atoms with Gasteiger partial charge in [-0.2, -0.15) is 13.2 Å². The molecule has 7 nitrogen and oxygen atoms in total. The van der Waals surface area contributed by atoms with Crippen LogP contribution in [0, 0.1) is 5.82 Å². The van der Waals surface area contributed by atoms with Crippen LogP contribution in [-0.2, 0) is 6.42 Å². The number of fused-ring (bicyclic) bond motifs is 1. The van der Waals surface area contributed by atoms with Crippen molar-refractivity contribution < 1.29 is 49.5 Å². The lowest BCUT2D eigenvalue weighted by molar-refractivity contribution is -0.134. The van der Waals surface area contributed by atoms with Crippen LogP contribution in [0.5, 0.6) is 5.75 Å². The predicted octanol–water partition coefficient (Wildman–Crippen LogP) is 6.54. The summed E-state index contributed by atoms with van der Waals surface area (Å²) in [5.41, 5.74) is -2.56. The Morgan fingerprint density at radius 3 is 2.14 bits per heavy atom. The summed E-state index contributed by atoms with van der Waals surface area (Å²) >= 11 is 0. The minimum Gasteiger partial charge on any atom is -0.496 e. The van der Waals surface area contributed by atoms with E-state index in [1.165, 1.54) is 50.6 Å². The van der Waals surface area contributed by atoms with E-state index in [9.17, 15) is 40.3 Å². The highest BCUT2D eigenvalue weighted by Gasteiger charge is 2.34. The van der Waals surface area contributed by atoms with Crippen LogP contribution in [0.15, 0.2) is 52.9 Å². The van der Waals surface area contributed by atoms with Gasteiger partial charge in [-0.15, -0.1) is 0 Å². The molecule has 2 aromatic carbocycles. The average Bonchev–Trinajstić information content (AvgIpc) is 3.39. The number of hydrogen-bond acceptors (Lipinski definition) is 5. The van der Waals surface area contributed by atoms with Crippen LogP contribution >= 0.6 is 0 Å². The summed E-state index contributed by atoms with van der Waals surface area (Å²) in [7, 11) is 2.56. The second-order valence-electron chi connectivity index (χ2n) is 9.89. The quantitative estimate of drug-likeness (QED) is 0.185. The van der Waals surface area contributed by atoms with Crippen LogP contribution < -0.4 is 15.4 Å². The summed E-state index contributed by atoms with van der Waals surface area (Å²) in [5.74, 6) is -2.37.